The highest BCUT2D eigenvalue weighted by Crippen LogP contribution is 2.31. The Morgan fingerprint density at radius 1 is 1.10 bits per heavy atom. The molecule has 2 heterocycles. The average Bonchev–Trinajstić information content (AvgIpc) is 2.92. The quantitative estimate of drug-likeness (QED) is 0.452. The minimum absolute atomic E-state index is 0.0323. The molecule has 2 saturated heterocycles. The van der Waals surface area contributed by atoms with Crippen LogP contribution in [0.5, 0.6) is 11.5 Å². The van der Waals surface area contributed by atoms with Crippen LogP contribution >= 0.6 is 11.6 Å². The first-order chi connectivity index (χ1) is 19.2. The number of nitrogens with zero attached hydrogens (tertiary/aromatic N) is 2. The standard InChI is InChI=1S/C31H42ClN3O5/c1-5-38-28-9-7-6-8-25(28)19-34-14-15-40-31(20-34,21-39-27-16-22(2)30(32)23(3)17-27)18-29(37)35-12-10-26(11-13-35)33-24(4)36/h6-9,16-17,26H,5,10-15,18-21H2,1-4H3,(H,33,36). The molecule has 0 spiro atoms. The topological polar surface area (TPSA) is 80.3 Å². The van der Waals surface area contributed by atoms with Crippen molar-refractivity contribution < 1.29 is 23.8 Å². The number of halogens is 1. The lowest BCUT2D eigenvalue weighted by molar-refractivity contribution is -0.157. The molecule has 2 amide bonds. The van der Waals surface area contributed by atoms with E-state index in [1.54, 1.807) is 0 Å². The number of benzene rings is 2. The third-order valence-electron chi connectivity index (χ3n) is 7.63. The number of likely N-dealkylation sites (tertiary alicyclic amines) is 1. The largest absolute Gasteiger partial charge is 0.494 e. The summed E-state index contributed by atoms with van der Waals surface area (Å²) in [6.45, 7) is 12.0. The van der Waals surface area contributed by atoms with Gasteiger partial charge in [-0.05, 0) is 62.9 Å². The molecule has 0 radical (unpaired) electrons. The van der Waals surface area contributed by atoms with E-state index in [1.807, 2.05) is 56.0 Å². The van der Waals surface area contributed by atoms with Crippen LogP contribution in [-0.4, -0.2) is 79.3 Å². The number of carbonyl (C=O) groups excluding carboxylic acids is 2. The third-order valence-corrected chi connectivity index (χ3v) is 8.23. The van der Waals surface area contributed by atoms with E-state index in [2.05, 4.69) is 16.3 Å². The molecule has 9 heteroatoms. The Kier molecular flexibility index (Phi) is 10.3. The van der Waals surface area contributed by atoms with Crippen LogP contribution in [-0.2, 0) is 20.9 Å². The molecule has 0 aromatic heterocycles. The van der Waals surface area contributed by atoms with Gasteiger partial charge in [0, 0.05) is 56.3 Å². The normalized spacial score (nSPS) is 20.3. The van der Waals surface area contributed by atoms with Crippen molar-refractivity contribution in [3.63, 3.8) is 0 Å². The Labute approximate surface area is 242 Å². The summed E-state index contributed by atoms with van der Waals surface area (Å²) in [6.07, 6.45) is 1.71. The molecule has 1 unspecified atom stereocenters. The summed E-state index contributed by atoms with van der Waals surface area (Å²) in [4.78, 5) is 29.3. The summed E-state index contributed by atoms with van der Waals surface area (Å²) in [6, 6.07) is 12.1. The Morgan fingerprint density at radius 3 is 2.48 bits per heavy atom. The van der Waals surface area contributed by atoms with E-state index < -0.39 is 5.60 Å². The predicted molar refractivity (Wildman–Crippen MR) is 156 cm³/mol. The number of nitrogens with one attached hydrogen (secondary N) is 1. The van der Waals surface area contributed by atoms with Gasteiger partial charge in [-0.15, -0.1) is 0 Å². The summed E-state index contributed by atoms with van der Waals surface area (Å²) in [5.41, 5.74) is 2.19. The number of hydrogen-bond acceptors (Lipinski definition) is 6. The maximum Gasteiger partial charge on any atom is 0.225 e. The van der Waals surface area contributed by atoms with E-state index in [0.717, 1.165) is 46.8 Å². The molecular weight excluding hydrogens is 530 g/mol. The van der Waals surface area contributed by atoms with Crippen molar-refractivity contribution >= 4 is 23.4 Å². The third kappa shape index (κ3) is 7.89. The van der Waals surface area contributed by atoms with Crippen molar-refractivity contribution in [1.82, 2.24) is 15.1 Å². The zero-order valence-corrected chi connectivity index (χ0v) is 24.9. The Morgan fingerprint density at radius 2 is 1.80 bits per heavy atom. The SMILES string of the molecule is CCOc1ccccc1CN1CCOC(COc2cc(C)c(Cl)c(C)c2)(CC(=O)N2CCC(NC(C)=O)CC2)C1. The number of amides is 2. The molecule has 218 valence electrons. The second-order valence-electron chi connectivity index (χ2n) is 11.0. The Bertz CT molecular complexity index is 1160. The van der Waals surface area contributed by atoms with Crippen LogP contribution in [0.3, 0.4) is 0 Å². The van der Waals surface area contributed by atoms with Crippen LogP contribution in [0.1, 0.15) is 49.8 Å². The first-order valence-corrected chi connectivity index (χ1v) is 14.6. The second kappa shape index (κ2) is 13.7. The van der Waals surface area contributed by atoms with Gasteiger partial charge in [0.05, 0.1) is 19.6 Å². The number of piperidine rings is 1. The van der Waals surface area contributed by atoms with Crippen molar-refractivity contribution in [3.05, 3.63) is 58.1 Å². The van der Waals surface area contributed by atoms with Gasteiger partial charge in [0.15, 0.2) is 0 Å². The monoisotopic (exact) mass is 571 g/mol. The number of rotatable bonds is 10. The van der Waals surface area contributed by atoms with Gasteiger partial charge < -0.3 is 24.4 Å². The van der Waals surface area contributed by atoms with Crippen LogP contribution in [0.4, 0.5) is 0 Å². The zero-order chi connectivity index (χ0) is 28.7. The molecule has 8 nitrogen and oxygen atoms in total. The number of morpholine rings is 1. The highest BCUT2D eigenvalue weighted by molar-refractivity contribution is 6.32. The molecule has 2 aliphatic heterocycles. The van der Waals surface area contributed by atoms with E-state index in [1.165, 1.54) is 6.92 Å². The van der Waals surface area contributed by atoms with Crippen LogP contribution in [0.2, 0.25) is 5.02 Å². The van der Waals surface area contributed by atoms with Gasteiger partial charge in [0.25, 0.3) is 0 Å². The summed E-state index contributed by atoms with van der Waals surface area (Å²) in [7, 11) is 0. The van der Waals surface area contributed by atoms with Crippen molar-refractivity contribution in [2.45, 2.75) is 65.1 Å². The average molecular weight is 572 g/mol. The van der Waals surface area contributed by atoms with Crippen LogP contribution in [0, 0.1) is 13.8 Å². The van der Waals surface area contributed by atoms with Crippen LogP contribution in [0.25, 0.3) is 0 Å². The predicted octanol–water partition coefficient (Wildman–Crippen LogP) is 4.52. The van der Waals surface area contributed by atoms with Crippen LogP contribution < -0.4 is 14.8 Å². The fourth-order valence-electron chi connectivity index (χ4n) is 5.63. The highest BCUT2D eigenvalue weighted by atomic mass is 35.5. The first-order valence-electron chi connectivity index (χ1n) is 14.2. The van der Waals surface area contributed by atoms with E-state index in [-0.39, 0.29) is 30.9 Å². The molecule has 40 heavy (non-hydrogen) atoms. The molecule has 2 aromatic carbocycles. The van der Waals surface area contributed by atoms with Crippen molar-refractivity contribution in [2.24, 2.45) is 0 Å². The lowest BCUT2D eigenvalue weighted by Gasteiger charge is -2.43. The Balaban J connectivity index is 1.50. The zero-order valence-electron chi connectivity index (χ0n) is 24.1. The second-order valence-corrected chi connectivity index (χ2v) is 11.4. The van der Waals surface area contributed by atoms with Gasteiger partial charge in [-0.3, -0.25) is 14.5 Å². The van der Waals surface area contributed by atoms with E-state index in [0.29, 0.717) is 45.1 Å². The van der Waals surface area contributed by atoms with Gasteiger partial charge in [0.2, 0.25) is 11.8 Å². The number of para-hydroxylation sites is 1. The molecule has 4 rings (SSSR count). The maximum atomic E-state index is 13.6. The van der Waals surface area contributed by atoms with Crippen molar-refractivity contribution in [2.75, 3.05) is 46.0 Å². The molecule has 0 bridgehead atoms. The van der Waals surface area contributed by atoms with Gasteiger partial charge in [-0.1, -0.05) is 29.8 Å². The van der Waals surface area contributed by atoms with Crippen LogP contribution in [0.15, 0.2) is 36.4 Å². The first kappa shape index (κ1) is 30.2. The Hall–Kier alpha value is -2.81. The fourth-order valence-corrected chi connectivity index (χ4v) is 5.74. The molecule has 2 fully saturated rings. The van der Waals surface area contributed by atoms with E-state index >= 15 is 0 Å². The minimum atomic E-state index is -0.814. The molecule has 1 atom stereocenters. The fraction of sp³-hybridized carbons (Fsp3) is 0.548. The smallest absolute Gasteiger partial charge is 0.225 e. The minimum Gasteiger partial charge on any atom is -0.494 e. The van der Waals surface area contributed by atoms with E-state index in [4.69, 9.17) is 25.8 Å². The summed E-state index contributed by atoms with van der Waals surface area (Å²) >= 11 is 6.38. The molecule has 0 saturated carbocycles. The van der Waals surface area contributed by atoms with Gasteiger partial charge >= 0.3 is 0 Å². The van der Waals surface area contributed by atoms with Gasteiger partial charge in [-0.25, -0.2) is 0 Å². The molecule has 2 aromatic rings. The molecular formula is C31H42ClN3O5. The van der Waals surface area contributed by atoms with Crippen molar-refractivity contribution in [1.29, 1.82) is 0 Å². The molecule has 0 aliphatic carbocycles. The summed E-state index contributed by atoms with van der Waals surface area (Å²) in [5, 5.41) is 3.71. The maximum absolute atomic E-state index is 13.6. The van der Waals surface area contributed by atoms with Gasteiger partial charge in [-0.2, -0.15) is 0 Å². The number of ether oxygens (including phenoxy) is 3. The highest BCUT2D eigenvalue weighted by Gasteiger charge is 2.41. The lowest BCUT2D eigenvalue weighted by atomic mass is 9.95. The summed E-state index contributed by atoms with van der Waals surface area (Å²) in [5.74, 6) is 1.61. The number of hydrogen-bond donors (Lipinski definition) is 1. The van der Waals surface area contributed by atoms with Gasteiger partial charge in [0.1, 0.15) is 23.7 Å². The van der Waals surface area contributed by atoms with Crippen molar-refractivity contribution in [3.8, 4) is 11.5 Å². The summed E-state index contributed by atoms with van der Waals surface area (Å²) < 4.78 is 18.6. The number of aryl methyl sites for hydroxylation is 2. The van der Waals surface area contributed by atoms with E-state index in [9.17, 15) is 9.59 Å². The molecule has 1 N–H and O–H groups in total. The lowest BCUT2D eigenvalue weighted by Crippen LogP contribution is -2.57. The number of carbonyl (C=O) groups is 2. The molecule has 2 aliphatic rings.